The zero-order valence-electron chi connectivity index (χ0n) is 19.5. The number of rotatable bonds is 8. The van der Waals surface area contributed by atoms with Crippen LogP contribution in [0.15, 0.2) is 89.3 Å². The lowest BCUT2D eigenvalue weighted by Crippen LogP contribution is -2.12. The molecular formula is C30H23FO4S. The molecule has 180 valence electrons. The first kappa shape index (κ1) is 23.8. The molecule has 4 aromatic carbocycles. The zero-order valence-corrected chi connectivity index (χ0v) is 20.3. The highest BCUT2D eigenvalue weighted by molar-refractivity contribution is 7.98. The molecule has 0 radical (unpaired) electrons. The number of carboxylic acid groups (broad SMARTS) is 1. The quantitative estimate of drug-likeness (QED) is 0.223. The van der Waals surface area contributed by atoms with Crippen LogP contribution in [0, 0.1) is 11.7 Å². The molecule has 5 rings (SSSR count). The number of hydrogen-bond donors (Lipinski definition) is 1. The third-order valence-corrected chi connectivity index (χ3v) is 7.45. The van der Waals surface area contributed by atoms with Crippen LogP contribution in [0.5, 0.6) is 0 Å². The smallest absolute Gasteiger partial charge is 0.307 e. The summed E-state index contributed by atoms with van der Waals surface area (Å²) in [6.07, 6.45) is 0. The lowest BCUT2D eigenvalue weighted by Gasteiger charge is -2.09. The summed E-state index contributed by atoms with van der Waals surface area (Å²) < 4.78 is 20.5. The topological polar surface area (TPSA) is 67.5 Å². The van der Waals surface area contributed by atoms with Crippen molar-refractivity contribution in [3.05, 3.63) is 107 Å². The van der Waals surface area contributed by atoms with Crippen LogP contribution in [-0.4, -0.2) is 22.6 Å². The number of aliphatic carboxylic acids is 1. The van der Waals surface area contributed by atoms with Gasteiger partial charge in [0.25, 0.3) is 0 Å². The van der Waals surface area contributed by atoms with Gasteiger partial charge in [0.1, 0.15) is 17.0 Å². The molecule has 1 aromatic heterocycles. The first-order valence-electron chi connectivity index (χ1n) is 11.6. The molecule has 5 aromatic rings. The number of fused-ring (bicyclic) bond motifs is 3. The lowest BCUT2D eigenvalue weighted by molar-refractivity contribution is -0.140. The van der Waals surface area contributed by atoms with E-state index < -0.39 is 17.7 Å². The minimum atomic E-state index is -0.884. The number of ketones is 1. The van der Waals surface area contributed by atoms with Crippen molar-refractivity contribution < 1.29 is 23.5 Å². The Balaban J connectivity index is 1.44. The van der Waals surface area contributed by atoms with Gasteiger partial charge in [0.2, 0.25) is 0 Å². The summed E-state index contributed by atoms with van der Waals surface area (Å²) >= 11 is 1.33. The summed E-state index contributed by atoms with van der Waals surface area (Å²) in [7, 11) is 0. The third kappa shape index (κ3) is 4.64. The van der Waals surface area contributed by atoms with E-state index in [1.807, 2.05) is 60.7 Å². The van der Waals surface area contributed by atoms with Gasteiger partial charge in [-0.05, 0) is 41.5 Å². The van der Waals surface area contributed by atoms with Gasteiger partial charge in [0, 0.05) is 39.0 Å². The first-order valence-corrected chi connectivity index (χ1v) is 12.7. The largest absolute Gasteiger partial charge is 0.481 e. The van der Waals surface area contributed by atoms with Gasteiger partial charge in [-0.15, -0.1) is 0 Å². The number of carboxylic acids is 1. The molecule has 0 saturated carbocycles. The van der Waals surface area contributed by atoms with Gasteiger partial charge in [-0.25, -0.2) is 4.39 Å². The van der Waals surface area contributed by atoms with Crippen LogP contribution >= 0.6 is 11.8 Å². The number of benzene rings is 4. The van der Waals surface area contributed by atoms with E-state index >= 15 is 0 Å². The van der Waals surface area contributed by atoms with E-state index in [1.54, 1.807) is 19.1 Å². The normalized spacial score (nSPS) is 12.2. The van der Waals surface area contributed by atoms with E-state index in [4.69, 9.17) is 9.52 Å². The minimum absolute atomic E-state index is 0.209. The molecule has 0 saturated heterocycles. The molecule has 0 fully saturated rings. The number of carbonyl (C=O) groups is 2. The second-order valence-electron chi connectivity index (χ2n) is 8.75. The average Bonchev–Trinajstić information content (AvgIpc) is 3.28. The summed E-state index contributed by atoms with van der Waals surface area (Å²) in [5.41, 5.74) is 4.57. The number of halogens is 1. The Morgan fingerprint density at radius 2 is 1.67 bits per heavy atom. The molecule has 4 nitrogen and oxygen atoms in total. The maximum atomic E-state index is 14.4. The fraction of sp³-hybridized carbons (Fsp3) is 0.133. The summed E-state index contributed by atoms with van der Waals surface area (Å²) in [6, 6.07) is 25.5. The molecule has 0 aliphatic rings. The van der Waals surface area contributed by atoms with Crippen molar-refractivity contribution in [2.45, 2.75) is 12.7 Å². The van der Waals surface area contributed by atoms with Gasteiger partial charge in [0.15, 0.2) is 5.78 Å². The van der Waals surface area contributed by atoms with Crippen LogP contribution in [0.2, 0.25) is 0 Å². The van der Waals surface area contributed by atoms with E-state index in [9.17, 15) is 14.0 Å². The van der Waals surface area contributed by atoms with Gasteiger partial charge < -0.3 is 9.52 Å². The standard InChI is InChI=1S/C30H23FO4S/c1-18(30(33)34)16-36-17-22-15-21(12-13-26(22)31)28(32)20-7-4-6-19(14-20)23-9-5-10-25-24-8-2-3-11-27(24)35-29(23)25/h2-15,18H,16-17H2,1H3,(H,33,34). The molecule has 6 heteroatoms. The number of thioether (sulfide) groups is 1. The third-order valence-electron chi connectivity index (χ3n) is 6.19. The Bertz CT molecular complexity index is 1600. The van der Waals surface area contributed by atoms with E-state index in [1.165, 1.54) is 23.9 Å². The molecule has 1 unspecified atom stereocenters. The Kier molecular flexibility index (Phi) is 6.61. The van der Waals surface area contributed by atoms with Crippen LogP contribution in [0.3, 0.4) is 0 Å². The molecule has 36 heavy (non-hydrogen) atoms. The van der Waals surface area contributed by atoms with Crippen LogP contribution in [0.4, 0.5) is 4.39 Å². The predicted octanol–water partition coefficient (Wildman–Crippen LogP) is 7.58. The maximum absolute atomic E-state index is 14.4. The van der Waals surface area contributed by atoms with E-state index in [0.717, 1.165) is 33.1 Å². The highest BCUT2D eigenvalue weighted by Gasteiger charge is 2.16. The second-order valence-corrected chi connectivity index (χ2v) is 9.78. The van der Waals surface area contributed by atoms with Gasteiger partial charge in [-0.1, -0.05) is 61.5 Å². The SMILES string of the molecule is CC(CSCc1cc(C(=O)c2cccc(-c3cccc4c3oc3ccccc34)c2)ccc1F)C(=O)O. The fourth-order valence-electron chi connectivity index (χ4n) is 4.21. The summed E-state index contributed by atoms with van der Waals surface area (Å²) in [5, 5.41) is 11.1. The van der Waals surface area contributed by atoms with Crippen molar-refractivity contribution in [3.8, 4) is 11.1 Å². The maximum Gasteiger partial charge on any atom is 0.307 e. The van der Waals surface area contributed by atoms with Gasteiger partial charge in [-0.3, -0.25) is 9.59 Å². The molecule has 0 spiro atoms. The lowest BCUT2D eigenvalue weighted by atomic mass is 9.96. The molecule has 0 aliphatic heterocycles. The number of furan rings is 1. The molecule has 0 amide bonds. The van der Waals surface area contributed by atoms with E-state index in [0.29, 0.717) is 28.2 Å². The van der Waals surface area contributed by atoms with Crippen molar-refractivity contribution >= 4 is 45.5 Å². The second kappa shape index (κ2) is 9.99. The summed E-state index contributed by atoms with van der Waals surface area (Å²) in [5.74, 6) is -1.38. The molecular weight excluding hydrogens is 475 g/mol. The summed E-state index contributed by atoms with van der Waals surface area (Å²) in [4.78, 5) is 24.4. The minimum Gasteiger partial charge on any atom is -0.481 e. The molecule has 1 N–H and O–H groups in total. The number of hydrogen-bond acceptors (Lipinski definition) is 4. The highest BCUT2D eigenvalue weighted by Crippen LogP contribution is 2.36. The van der Waals surface area contributed by atoms with Crippen molar-refractivity contribution in [1.82, 2.24) is 0 Å². The Morgan fingerprint density at radius 3 is 2.50 bits per heavy atom. The van der Waals surface area contributed by atoms with Crippen molar-refractivity contribution in [3.63, 3.8) is 0 Å². The van der Waals surface area contributed by atoms with Crippen LogP contribution < -0.4 is 0 Å². The van der Waals surface area contributed by atoms with Gasteiger partial charge in [0.05, 0.1) is 5.92 Å². The van der Waals surface area contributed by atoms with Crippen LogP contribution in [0.25, 0.3) is 33.1 Å². The number of carbonyl (C=O) groups excluding carboxylic acids is 1. The van der Waals surface area contributed by atoms with Crippen molar-refractivity contribution in [2.24, 2.45) is 5.92 Å². The summed E-state index contributed by atoms with van der Waals surface area (Å²) in [6.45, 7) is 1.62. The Hall–Kier alpha value is -3.90. The Labute approximate surface area is 211 Å². The molecule has 0 bridgehead atoms. The average molecular weight is 499 g/mol. The van der Waals surface area contributed by atoms with Crippen molar-refractivity contribution in [1.29, 1.82) is 0 Å². The Morgan fingerprint density at radius 1 is 0.917 bits per heavy atom. The zero-order chi connectivity index (χ0) is 25.2. The molecule has 0 aliphatic carbocycles. The first-order chi connectivity index (χ1) is 17.4. The van der Waals surface area contributed by atoms with Crippen LogP contribution in [-0.2, 0) is 10.5 Å². The molecule has 1 heterocycles. The monoisotopic (exact) mass is 498 g/mol. The van der Waals surface area contributed by atoms with E-state index in [2.05, 4.69) is 0 Å². The van der Waals surface area contributed by atoms with Gasteiger partial charge >= 0.3 is 5.97 Å². The van der Waals surface area contributed by atoms with Crippen LogP contribution in [0.1, 0.15) is 28.4 Å². The predicted molar refractivity (Wildman–Crippen MR) is 142 cm³/mol. The highest BCUT2D eigenvalue weighted by atomic mass is 32.2. The van der Waals surface area contributed by atoms with Gasteiger partial charge in [-0.2, -0.15) is 11.8 Å². The van der Waals surface area contributed by atoms with Crippen molar-refractivity contribution in [2.75, 3.05) is 5.75 Å². The number of para-hydroxylation sites is 2. The molecule has 1 atom stereocenters. The fourth-order valence-corrected chi connectivity index (χ4v) is 5.27. The van der Waals surface area contributed by atoms with E-state index in [-0.39, 0.29) is 5.78 Å².